The van der Waals surface area contributed by atoms with E-state index in [0.29, 0.717) is 0 Å². The second-order valence-corrected chi connectivity index (χ2v) is 15.2. The highest BCUT2D eigenvalue weighted by Gasteiger charge is 2.61. The van der Waals surface area contributed by atoms with E-state index in [1.807, 2.05) is 36.4 Å². The molecule has 8 heteroatoms. The number of carbonyl (C=O) groups is 1. The quantitative estimate of drug-likeness (QED) is 0.408. The van der Waals surface area contributed by atoms with Gasteiger partial charge < -0.3 is 23.4 Å². The maximum atomic E-state index is 15.5. The fourth-order valence-corrected chi connectivity index (χ4v) is 10.0. The zero-order valence-corrected chi connectivity index (χ0v) is 23.0. The van der Waals surface area contributed by atoms with Crippen LogP contribution in [0.3, 0.4) is 0 Å². The van der Waals surface area contributed by atoms with Crippen LogP contribution in [0, 0.1) is 0 Å². The Bertz CT molecular complexity index is 1000. The largest absolute Gasteiger partial charge is 0.462 e. The number of benzene rings is 2. The summed E-state index contributed by atoms with van der Waals surface area (Å²) < 4.78 is 45.4. The van der Waals surface area contributed by atoms with E-state index in [4.69, 9.17) is 23.4 Å². The Morgan fingerprint density at radius 2 is 1.56 bits per heavy atom. The molecule has 0 unspecified atom stereocenters. The monoisotopic (exact) mass is 516 g/mol. The molecule has 6 nitrogen and oxygen atoms in total. The molecule has 2 aliphatic heterocycles. The molecule has 0 aliphatic carbocycles. The summed E-state index contributed by atoms with van der Waals surface area (Å²) in [6, 6.07) is 20.5. The van der Waals surface area contributed by atoms with Crippen molar-refractivity contribution >= 4 is 24.7 Å². The van der Waals surface area contributed by atoms with Gasteiger partial charge in [0, 0.05) is 6.42 Å². The van der Waals surface area contributed by atoms with Crippen LogP contribution in [0.15, 0.2) is 60.7 Å². The lowest BCUT2D eigenvalue weighted by molar-refractivity contribution is -0.329. The summed E-state index contributed by atoms with van der Waals surface area (Å²) in [4.78, 5) is 12.4. The minimum atomic E-state index is -2.86. The van der Waals surface area contributed by atoms with E-state index in [9.17, 15) is 4.79 Å². The molecule has 0 bridgehead atoms. The predicted octanol–water partition coefficient (Wildman–Crippen LogP) is 4.10. The minimum absolute atomic E-state index is 0.0619. The van der Waals surface area contributed by atoms with Crippen LogP contribution in [-0.2, 0) is 28.2 Å². The molecule has 0 spiro atoms. The van der Waals surface area contributed by atoms with Gasteiger partial charge in [0.25, 0.3) is 8.32 Å². The van der Waals surface area contributed by atoms with Crippen molar-refractivity contribution in [3.05, 3.63) is 60.7 Å². The third-order valence-electron chi connectivity index (χ3n) is 6.85. The smallest absolute Gasteiger partial charge is 0.372 e. The van der Waals surface area contributed by atoms with Gasteiger partial charge in [0.05, 0.1) is 19.3 Å². The van der Waals surface area contributed by atoms with Gasteiger partial charge in [0.15, 0.2) is 5.79 Å². The third-order valence-corrected chi connectivity index (χ3v) is 11.9. The lowest BCUT2D eigenvalue weighted by Crippen LogP contribution is -2.68. The van der Waals surface area contributed by atoms with Crippen molar-refractivity contribution in [1.29, 1.82) is 0 Å². The molecule has 2 fully saturated rings. The molecule has 2 heterocycles. The van der Waals surface area contributed by atoms with Crippen LogP contribution in [0.25, 0.3) is 0 Å². The van der Waals surface area contributed by atoms with Crippen molar-refractivity contribution in [2.45, 2.75) is 83.0 Å². The number of esters is 1. The van der Waals surface area contributed by atoms with Crippen molar-refractivity contribution in [3.8, 4) is 0 Å². The standard InChI is InChI=1S/C28H37FO6Si/c1-7-31-25(30)28(29)18-22-24(35-28)23(34-27(5,6)33-22)19-32-36(26(2,3)4,20-14-10-8-11-15-20)21-16-12-9-13-17-21/h8-17,22-24H,7,18-19H2,1-6H3/t22-,23+,24+,28+/m1/s1. The fourth-order valence-electron chi connectivity index (χ4n) is 5.43. The van der Waals surface area contributed by atoms with Gasteiger partial charge in [0.2, 0.25) is 0 Å². The van der Waals surface area contributed by atoms with Crippen LogP contribution in [-0.4, -0.2) is 57.5 Å². The van der Waals surface area contributed by atoms with Crippen LogP contribution in [0.2, 0.25) is 5.04 Å². The molecule has 36 heavy (non-hydrogen) atoms. The van der Waals surface area contributed by atoms with E-state index in [-0.39, 0.29) is 24.7 Å². The molecule has 2 aromatic rings. The van der Waals surface area contributed by atoms with Gasteiger partial charge in [-0.2, -0.15) is 4.39 Å². The van der Waals surface area contributed by atoms with Gasteiger partial charge in [0.1, 0.15) is 12.2 Å². The molecule has 0 amide bonds. The molecular formula is C28H37FO6Si. The van der Waals surface area contributed by atoms with Crippen molar-refractivity contribution in [1.82, 2.24) is 0 Å². The van der Waals surface area contributed by atoms with E-state index in [1.165, 1.54) is 0 Å². The zero-order chi connectivity index (χ0) is 26.2. The van der Waals surface area contributed by atoms with E-state index in [1.54, 1.807) is 20.8 Å². The average Bonchev–Trinajstić information content (AvgIpc) is 3.16. The number of carbonyl (C=O) groups excluding carboxylic acids is 1. The number of hydrogen-bond acceptors (Lipinski definition) is 6. The van der Waals surface area contributed by atoms with Crippen molar-refractivity contribution in [3.63, 3.8) is 0 Å². The number of fused-ring (bicyclic) bond motifs is 1. The summed E-state index contributed by atoms with van der Waals surface area (Å²) in [5.41, 5.74) is 0. The maximum Gasteiger partial charge on any atom is 0.372 e. The van der Waals surface area contributed by atoms with E-state index in [2.05, 4.69) is 45.0 Å². The summed E-state index contributed by atoms with van der Waals surface area (Å²) in [5, 5.41) is 2.02. The van der Waals surface area contributed by atoms with Crippen LogP contribution >= 0.6 is 0 Å². The zero-order valence-electron chi connectivity index (χ0n) is 22.0. The summed E-state index contributed by atoms with van der Waals surface area (Å²) in [7, 11) is -2.86. The molecule has 2 aliphatic rings. The number of hydrogen-bond donors (Lipinski definition) is 0. The number of ether oxygens (including phenoxy) is 4. The first kappa shape index (κ1) is 26.9. The Balaban J connectivity index is 1.69. The molecule has 0 N–H and O–H groups in total. The van der Waals surface area contributed by atoms with Crippen LogP contribution in [0.4, 0.5) is 4.39 Å². The molecule has 4 rings (SSSR count). The van der Waals surface area contributed by atoms with Gasteiger partial charge in [-0.1, -0.05) is 81.4 Å². The Hall–Kier alpha value is -2.10. The summed E-state index contributed by atoms with van der Waals surface area (Å²) in [6.45, 7) is 12.0. The average molecular weight is 517 g/mol. The normalized spacial score (nSPS) is 27.9. The Morgan fingerprint density at radius 1 is 1.00 bits per heavy atom. The van der Waals surface area contributed by atoms with Gasteiger partial charge in [-0.15, -0.1) is 0 Å². The predicted molar refractivity (Wildman–Crippen MR) is 137 cm³/mol. The van der Waals surface area contributed by atoms with Gasteiger partial charge in [-0.3, -0.25) is 0 Å². The summed E-state index contributed by atoms with van der Waals surface area (Å²) in [5.74, 6) is -4.61. The van der Waals surface area contributed by atoms with Crippen LogP contribution in [0.1, 0.15) is 48.0 Å². The van der Waals surface area contributed by atoms with Gasteiger partial charge in [-0.05, 0) is 36.2 Å². The summed E-state index contributed by atoms with van der Waals surface area (Å²) in [6.07, 6.45) is -2.38. The first-order chi connectivity index (χ1) is 16.9. The second kappa shape index (κ2) is 9.98. The molecule has 0 radical (unpaired) electrons. The van der Waals surface area contributed by atoms with Crippen molar-refractivity contribution < 1.29 is 32.6 Å². The SMILES string of the molecule is CCOC(=O)[C@]1(F)C[C@H]2OC(C)(C)O[C@@H](CO[Si](c3ccccc3)(c3ccccc3)C(C)(C)C)[C@H]2O1. The van der Waals surface area contributed by atoms with Crippen molar-refractivity contribution in [2.75, 3.05) is 13.2 Å². The Kier molecular flexibility index (Phi) is 7.47. The first-order valence-electron chi connectivity index (χ1n) is 12.6. The van der Waals surface area contributed by atoms with E-state index < -0.39 is 44.2 Å². The lowest BCUT2D eigenvalue weighted by Gasteiger charge is -2.46. The van der Waals surface area contributed by atoms with Gasteiger partial charge >= 0.3 is 11.8 Å². The molecule has 2 saturated heterocycles. The Morgan fingerprint density at radius 3 is 2.06 bits per heavy atom. The molecular weight excluding hydrogens is 479 g/mol. The summed E-state index contributed by atoms with van der Waals surface area (Å²) >= 11 is 0. The van der Waals surface area contributed by atoms with Gasteiger partial charge in [-0.25, -0.2) is 4.79 Å². The highest BCUT2D eigenvalue weighted by Crippen LogP contribution is 2.44. The first-order valence-corrected chi connectivity index (χ1v) is 14.5. The van der Waals surface area contributed by atoms with E-state index in [0.717, 1.165) is 10.4 Å². The minimum Gasteiger partial charge on any atom is -0.462 e. The molecule has 2 aromatic carbocycles. The number of alkyl halides is 1. The highest BCUT2D eigenvalue weighted by atomic mass is 28.4. The number of halogens is 1. The van der Waals surface area contributed by atoms with Crippen LogP contribution in [0.5, 0.6) is 0 Å². The molecule has 0 saturated carbocycles. The topological polar surface area (TPSA) is 63.2 Å². The van der Waals surface area contributed by atoms with E-state index >= 15 is 4.39 Å². The highest BCUT2D eigenvalue weighted by molar-refractivity contribution is 6.99. The van der Waals surface area contributed by atoms with Crippen molar-refractivity contribution in [2.24, 2.45) is 0 Å². The van der Waals surface area contributed by atoms with Crippen LogP contribution < -0.4 is 10.4 Å². The number of rotatable bonds is 7. The molecule has 0 aromatic heterocycles. The molecule has 4 atom stereocenters. The Labute approximate surface area is 214 Å². The maximum absolute atomic E-state index is 15.5. The lowest BCUT2D eigenvalue weighted by atomic mass is 10.0. The second-order valence-electron chi connectivity index (χ2n) is 10.9. The molecule has 196 valence electrons. The third kappa shape index (κ3) is 5.02. The fraction of sp³-hybridized carbons (Fsp3) is 0.536.